The monoisotopic (exact) mass is 342 g/mol. The van der Waals surface area contributed by atoms with Crippen molar-refractivity contribution in [1.82, 2.24) is 9.55 Å². The minimum atomic E-state index is -5.19. The number of phosphoric ester groups is 1. The van der Waals surface area contributed by atoms with Gasteiger partial charge < -0.3 is 24.7 Å². The first-order valence-electron chi connectivity index (χ1n) is 5.81. The Kier molecular flexibility index (Phi) is 4.63. The summed E-state index contributed by atoms with van der Waals surface area (Å²) < 4.78 is 33.5. The number of rotatable bonds is 4. The number of aromatic amines is 1. The lowest BCUT2D eigenvalue weighted by Gasteiger charge is -2.19. The van der Waals surface area contributed by atoms with E-state index < -0.39 is 50.0 Å². The van der Waals surface area contributed by atoms with E-state index in [9.17, 15) is 28.8 Å². The highest BCUT2D eigenvalue weighted by atomic mass is 31.2. The number of aliphatic hydroxyl groups excluding tert-OH is 2. The molecule has 2 heterocycles. The number of H-pyrrole nitrogens is 1. The van der Waals surface area contributed by atoms with Crippen molar-refractivity contribution in [1.29, 1.82) is 0 Å². The fraction of sp³-hybridized carbons (Fsp3) is 0.556. The molecular weight excluding hydrogens is 330 g/mol. The standard InChI is InChI=1S/C9H12FN2O9P/c10-7(21-22(17,18)19)6-4(14)5(15)8(20-6)12-2-1-3(13)11-9(12)16/h1-2,4-8,14-15H,(H,11,13,16)(H2,17,18,19)/t4-,5+,6-,7?,8+/m0/s1. The maximum absolute atomic E-state index is 13.6. The normalized spacial score (nSPS) is 30.4. The summed E-state index contributed by atoms with van der Waals surface area (Å²) in [5, 5.41) is 19.4. The number of nitrogens with one attached hydrogen (secondary N) is 1. The summed E-state index contributed by atoms with van der Waals surface area (Å²) >= 11 is 0. The number of nitrogens with zero attached hydrogens (tertiary/aromatic N) is 1. The molecule has 5 N–H and O–H groups in total. The fourth-order valence-electron chi connectivity index (χ4n) is 1.95. The van der Waals surface area contributed by atoms with Crippen molar-refractivity contribution in [3.8, 4) is 0 Å². The third-order valence-electron chi connectivity index (χ3n) is 2.90. The molecular formula is C9H12FN2O9P. The van der Waals surface area contributed by atoms with Crippen LogP contribution in [0.2, 0.25) is 0 Å². The number of phosphoric acid groups is 1. The van der Waals surface area contributed by atoms with Crippen LogP contribution in [0.25, 0.3) is 0 Å². The Bertz CT molecular complexity index is 699. The predicted molar refractivity (Wildman–Crippen MR) is 65.3 cm³/mol. The Morgan fingerprint density at radius 3 is 2.55 bits per heavy atom. The van der Waals surface area contributed by atoms with E-state index in [4.69, 9.17) is 14.5 Å². The molecule has 1 aliphatic rings. The lowest BCUT2D eigenvalue weighted by atomic mass is 10.1. The molecule has 0 saturated carbocycles. The largest absolute Gasteiger partial charge is 0.472 e. The minimum absolute atomic E-state index is 0.680. The van der Waals surface area contributed by atoms with Crippen LogP contribution in [0.1, 0.15) is 6.23 Å². The van der Waals surface area contributed by atoms with Gasteiger partial charge in [-0.25, -0.2) is 18.3 Å². The number of aromatic nitrogens is 2. The fourth-order valence-corrected chi connectivity index (χ4v) is 2.33. The van der Waals surface area contributed by atoms with Crippen LogP contribution in [-0.2, 0) is 13.8 Å². The van der Waals surface area contributed by atoms with Crippen molar-refractivity contribution < 1.29 is 38.2 Å². The first kappa shape index (κ1) is 17.0. The molecule has 0 amide bonds. The number of hydrogen-bond donors (Lipinski definition) is 5. The highest BCUT2D eigenvalue weighted by Crippen LogP contribution is 2.41. The van der Waals surface area contributed by atoms with E-state index in [2.05, 4.69) is 4.52 Å². The van der Waals surface area contributed by atoms with Crippen molar-refractivity contribution >= 4 is 7.82 Å². The van der Waals surface area contributed by atoms with Gasteiger partial charge in [0.2, 0.25) is 6.36 Å². The molecule has 0 spiro atoms. The molecule has 13 heteroatoms. The molecule has 0 bridgehead atoms. The third kappa shape index (κ3) is 3.50. The van der Waals surface area contributed by atoms with Gasteiger partial charge in [-0.15, -0.1) is 0 Å². The van der Waals surface area contributed by atoms with E-state index in [1.807, 2.05) is 4.98 Å². The molecule has 1 aliphatic heterocycles. The Balaban J connectivity index is 2.25. The average Bonchev–Trinajstić information content (AvgIpc) is 2.65. The van der Waals surface area contributed by atoms with Crippen molar-refractivity contribution in [3.63, 3.8) is 0 Å². The van der Waals surface area contributed by atoms with Crippen LogP contribution in [-0.4, -0.2) is 54.2 Å². The molecule has 0 aliphatic carbocycles. The van der Waals surface area contributed by atoms with E-state index >= 15 is 0 Å². The lowest BCUT2D eigenvalue weighted by molar-refractivity contribution is -0.126. The van der Waals surface area contributed by atoms with Crippen LogP contribution in [0, 0.1) is 0 Å². The summed E-state index contributed by atoms with van der Waals surface area (Å²) in [6.45, 7) is 0. The summed E-state index contributed by atoms with van der Waals surface area (Å²) in [4.78, 5) is 41.4. The van der Waals surface area contributed by atoms with Crippen molar-refractivity contribution in [2.24, 2.45) is 0 Å². The molecule has 1 aromatic heterocycles. The number of aliphatic hydroxyl groups is 2. The van der Waals surface area contributed by atoms with Crippen molar-refractivity contribution in [2.75, 3.05) is 0 Å². The van der Waals surface area contributed by atoms with Gasteiger partial charge in [-0.05, 0) is 0 Å². The van der Waals surface area contributed by atoms with Gasteiger partial charge in [0.15, 0.2) is 6.23 Å². The van der Waals surface area contributed by atoms with Crippen LogP contribution in [0.5, 0.6) is 0 Å². The Labute approximate surface area is 120 Å². The molecule has 0 aromatic carbocycles. The summed E-state index contributed by atoms with van der Waals surface area (Å²) in [5.74, 6) is 0. The van der Waals surface area contributed by atoms with Crippen LogP contribution in [0.15, 0.2) is 21.9 Å². The smallest absolute Gasteiger partial charge is 0.387 e. The van der Waals surface area contributed by atoms with Gasteiger partial charge in [0, 0.05) is 12.3 Å². The number of halogens is 1. The second kappa shape index (κ2) is 6.01. The van der Waals surface area contributed by atoms with Crippen LogP contribution in [0.4, 0.5) is 4.39 Å². The third-order valence-corrected chi connectivity index (χ3v) is 3.37. The molecule has 1 saturated heterocycles. The topological polar surface area (TPSA) is 171 Å². The first-order chi connectivity index (χ1) is 10.1. The van der Waals surface area contributed by atoms with Gasteiger partial charge in [0.1, 0.15) is 18.3 Å². The van der Waals surface area contributed by atoms with Gasteiger partial charge in [0.05, 0.1) is 0 Å². The second-order valence-corrected chi connectivity index (χ2v) is 5.63. The summed E-state index contributed by atoms with van der Waals surface area (Å²) in [6.07, 6.45) is -9.07. The minimum Gasteiger partial charge on any atom is -0.387 e. The van der Waals surface area contributed by atoms with E-state index in [-0.39, 0.29) is 0 Å². The molecule has 124 valence electrons. The zero-order chi connectivity index (χ0) is 16.7. The Hall–Kier alpha value is -1.40. The maximum atomic E-state index is 13.6. The van der Waals surface area contributed by atoms with Gasteiger partial charge in [-0.2, -0.15) is 0 Å². The maximum Gasteiger partial charge on any atom is 0.472 e. The zero-order valence-corrected chi connectivity index (χ0v) is 11.5. The molecule has 5 atom stereocenters. The summed E-state index contributed by atoms with van der Waals surface area (Å²) in [7, 11) is -5.19. The van der Waals surface area contributed by atoms with Crippen LogP contribution < -0.4 is 11.2 Å². The molecule has 1 unspecified atom stereocenters. The van der Waals surface area contributed by atoms with E-state index in [1.165, 1.54) is 0 Å². The Morgan fingerprint density at radius 1 is 1.36 bits per heavy atom. The first-order valence-corrected chi connectivity index (χ1v) is 7.34. The van der Waals surface area contributed by atoms with Gasteiger partial charge in [-0.3, -0.25) is 14.3 Å². The lowest BCUT2D eigenvalue weighted by Crippen LogP contribution is -2.38. The van der Waals surface area contributed by atoms with Crippen molar-refractivity contribution in [3.05, 3.63) is 33.1 Å². The number of alkyl halides is 1. The summed E-state index contributed by atoms with van der Waals surface area (Å²) in [6, 6.07) is 0.927. The molecule has 1 aromatic rings. The Morgan fingerprint density at radius 2 is 2.00 bits per heavy atom. The van der Waals surface area contributed by atoms with Crippen LogP contribution in [0.3, 0.4) is 0 Å². The van der Waals surface area contributed by atoms with Crippen LogP contribution >= 0.6 is 7.82 Å². The predicted octanol–water partition coefficient (Wildman–Crippen LogP) is -2.44. The highest BCUT2D eigenvalue weighted by Gasteiger charge is 2.49. The second-order valence-electron chi connectivity index (χ2n) is 4.44. The van der Waals surface area contributed by atoms with Gasteiger partial charge in [0.25, 0.3) is 5.56 Å². The zero-order valence-electron chi connectivity index (χ0n) is 10.6. The van der Waals surface area contributed by atoms with E-state index in [1.54, 1.807) is 0 Å². The van der Waals surface area contributed by atoms with E-state index in [0.29, 0.717) is 4.57 Å². The molecule has 0 radical (unpaired) electrons. The number of hydrogen-bond acceptors (Lipinski definition) is 7. The highest BCUT2D eigenvalue weighted by molar-refractivity contribution is 7.46. The van der Waals surface area contributed by atoms with E-state index in [0.717, 1.165) is 12.3 Å². The van der Waals surface area contributed by atoms with Gasteiger partial charge in [-0.1, -0.05) is 0 Å². The average molecular weight is 342 g/mol. The quantitative estimate of drug-likeness (QED) is 0.373. The van der Waals surface area contributed by atoms with Crippen molar-refractivity contribution in [2.45, 2.75) is 30.9 Å². The molecule has 1 fully saturated rings. The summed E-state index contributed by atoms with van der Waals surface area (Å²) in [5.41, 5.74) is -1.71. The van der Waals surface area contributed by atoms with Gasteiger partial charge >= 0.3 is 13.5 Å². The molecule has 22 heavy (non-hydrogen) atoms. The number of ether oxygens (including phenoxy) is 1. The molecule has 2 rings (SSSR count). The SMILES string of the molecule is O=c1ccn([C@@H]2O[C@H](C(F)OP(=O)(O)O)[C@@H](O)[C@H]2O)c(=O)[nH]1. The molecule has 11 nitrogen and oxygen atoms in total.